The molecule has 0 aliphatic rings. The van der Waals surface area contributed by atoms with Crippen molar-refractivity contribution in [2.45, 2.75) is 13.3 Å². The number of aromatic amines is 1. The summed E-state index contributed by atoms with van der Waals surface area (Å²) in [5.41, 5.74) is 2.57. The molecule has 0 fully saturated rings. The van der Waals surface area contributed by atoms with Crippen LogP contribution in [0.1, 0.15) is 23.0 Å². The number of benzene rings is 1. The van der Waals surface area contributed by atoms with Gasteiger partial charge in [-0.1, -0.05) is 6.92 Å². The SMILES string of the molecule is CCc1cc2c(-c3cccnc3OC)c(C(=O)OC)[nH]c2cc1F. The second-order valence-electron chi connectivity index (χ2n) is 5.27. The molecule has 0 aliphatic heterocycles. The van der Waals surface area contributed by atoms with E-state index < -0.39 is 5.97 Å². The number of ether oxygens (including phenoxy) is 2. The predicted octanol–water partition coefficient (Wildman–Crippen LogP) is 3.73. The van der Waals surface area contributed by atoms with E-state index in [9.17, 15) is 9.18 Å². The summed E-state index contributed by atoms with van der Waals surface area (Å²) in [5, 5.41) is 0.722. The number of fused-ring (bicyclic) bond motifs is 1. The van der Waals surface area contributed by atoms with Crippen LogP contribution in [0, 0.1) is 5.82 Å². The summed E-state index contributed by atoms with van der Waals surface area (Å²) >= 11 is 0. The summed E-state index contributed by atoms with van der Waals surface area (Å²) in [6.07, 6.45) is 2.15. The van der Waals surface area contributed by atoms with Gasteiger partial charge >= 0.3 is 5.97 Å². The van der Waals surface area contributed by atoms with Crippen molar-refractivity contribution in [3.05, 3.63) is 47.5 Å². The highest BCUT2D eigenvalue weighted by molar-refractivity contribution is 6.08. The molecule has 0 saturated heterocycles. The van der Waals surface area contributed by atoms with Gasteiger partial charge < -0.3 is 14.5 Å². The zero-order valence-corrected chi connectivity index (χ0v) is 13.6. The molecule has 124 valence electrons. The molecule has 2 aromatic heterocycles. The smallest absolute Gasteiger partial charge is 0.355 e. The van der Waals surface area contributed by atoms with E-state index in [2.05, 4.69) is 9.97 Å². The van der Waals surface area contributed by atoms with Gasteiger partial charge in [-0.15, -0.1) is 0 Å². The van der Waals surface area contributed by atoms with Crippen molar-refractivity contribution in [2.75, 3.05) is 14.2 Å². The van der Waals surface area contributed by atoms with Crippen LogP contribution in [0.5, 0.6) is 5.88 Å². The third kappa shape index (κ3) is 2.50. The minimum absolute atomic E-state index is 0.242. The van der Waals surface area contributed by atoms with Crippen LogP contribution in [-0.2, 0) is 11.2 Å². The molecule has 2 heterocycles. The average Bonchev–Trinajstić information content (AvgIpc) is 2.98. The normalized spacial score (nSPS) is 10.8. The molecule has 3 rings (SSSR count). The van der Waals surface area contributed by atoms with E-state index in [1.807, 2.05) is 6.92 Å². The first kappa shape index (κ1) is 16.0. The Morgan fingerprint density at radius 3 is 2.79 bits per heavy atom. The Bertz CT molecular complexity index is 918. The van der Waals surface area contributed by atoms with Gasteiger partial charge in [0.2, 0.25) is 5.88 Å². The number of hydrogen-bond acceptors (Lipinski definition) is 4. The van der Waals surface area contributed by atoms with E-state index in [1.165, 1.54) is 20.3 Å². The Morgan fingerprint density at radius 1 is 1.33 bits per heavy atom. The Kier molecular flexibility index (Phi) is 4.20. The highest BCUT2D eigenvalue weighted by atomic mass is 19.1. The molecule has 0 radical (unpaired) electrons. The number of pyridine rings is 1. The van der Waals surface area contributed by atoms with Gasteiger partial charge in [0.25, 0.3) is 0 Å². The van der Waals surface area contributed by atoms with Gasteiger partial charge in [-0.05, 0) is 36.2 Å². The van der Waals surface area contributed by atoms with Gasteiger partial charge in [0, 0.05) is 28.2 Å². The van der Waals surface area contributed by atoms with E-state index in [4.69, 9.17) is 9.47 Å². The maximum absolute atomic E-state index is 14.1. The Balaban J connectivity index is 2.40. The highest BCUT2D eigenvalue weighted by Gasteiger charge is 2.23. The van der Waals surface area contributed by atoms with E-state index in [-0.39, 0.29) is 11.5 Å². The van der Waals surface area contributed by atoms with Crippen molar-refractivity contribution in [2.24, 2.45) is 0 Å². The number of nitrogens with one attached hydrogen (secondary N) is 1. The van der Waals surface area contributed by atoms with Crippen LogP contribution in [0.3, 0.4) is 0 Å². The number of aromatic nitrogens is 2. The Hall–Kier alpha value is -2.89. The summed E-state index contributed by atoms with van der Waals surface area (Å²) in [4.78, 5) is 19.4. The number of rotatable bonds is 4. The van der Waals surface area contributed by atoms with Crippen molar-refractivity contribution in [3.8, 4) is 17.0 Å². The Labute approximate surface area is 138 Å². The maximum Gasteiger partial charge on any atom is 0.355 e. The van der Waals surface area contributed by atoms with Crippen LogP contribution >= 0.6 is 0 Å². The fourth-order valence-corrected chi connectivity index (χ4v) is 2.81. The zero-order chi connectivity index (χ0) is 17.3. The van der Waals surface area contributed by atoms with Crippen LogP contribution in [0.25, 0.3) is 22.0 Å². The maximum atomic E-state index is 14.1. The molecule has 0 aliphatic carbocycles. The lowest BCUT2D eigenvalue weighted by molar-refractivity contribution is 0.0596. The third-order valence-corrected chi connectivity index (χ3v) is 3.97. The zero-order valence-electron chi connectivity index (χ0n) is 13.6. The van der Waals surface area contributed by atoms with Crippen LogP contribution in [0.4, 0.5) is 4.39 Å². The number of H-pyrrole nitrogens is 1. The van der Waals surface area contributed by atoms with E-state index >= 15 is 0 Å². The Morgan fingerprint density at radius 2 is 2.12 bits per heavy atom. The third-order valence-electron chi connectivity index (χ3n) is 3.97. The number of carbonyl (C=O) groups excluding carboxylic acids is 1. The van der Waals surface area contributed by atoms with Crippen molar-refractivity contribution < 1.29 is 18.7 Å². The van der Waals surface area contributed by atoms with Crippen LogP contribution in [0.15, 0.2) is 30.5 Å². The molecule has 0 amide bonds. The summed E-state index contributed by atoms with van der Waals surface area (Å²) in [7, 11) is 2.81. The van der Waals surface area contributed by atoms with Gasteiger partial charge in [0.05, 0.1) is 14.2 Å². The minimum atomic E-state index is -0.537. The van der Waals surface area contributed by atoms with Crippen molar-refractivity contribution >= 4 is 16.9 Å². The lowest BCUT2D eigenvalue weighted by atomic mass is 10.0. The molecule has 1 aromatic carbocycles. The molecule has 24 heavy (non-hydrogen) atoms. The van der Waals surface area contributed by atoms with Crippen molar-refractivity contribution in [3.63, 3.8) is 0 Å². The summed E-state index contributed by atoms with van der Waals surface area (Å²) in [5.74, 6) is -0.469. The molecule has 6 heteroatoms. The van der Waals surface area contributed by atoms with Crippen molar-refractivity contribution in [1.29, 1.82) is 0 Å². The first-order chi connectivity index (χ1) is 11.6. The highest BCUT2D eigenvalue weighted by Crippen LogP contribution is 2.38. The van der Waals surface area contributed by atoms with Crippen LogP contribution in [-0.4, -0.2) is 30.2 Å². The number of methoxy groups -OCH3 is 2. The second-order valence-corrected chi connectivity index (χ2v) is 5.27. The van der Waals surface area contributed by atoms with Crippen molar-refractivity contribution in [1.82, 2.24) is 9.97 Å². The monoisotopic (exact) mass is 328 g/mol. The van der Waals surface area contributed by atoms with Gasteiger partial charge in [-0.2, -0.15) is 0 Å². The first-order valence-corrected chi connectivity index (χ1v) is 7.52. The molecular weight excluding hydrogens is 311 g/mol. The fraction of sp³-hybridized carbons (Fsp3) is 0.222. The molecule has 5 nitrogen and oxygen atoms in total. The second kappa shape index (κ2) is 6.31. The summed E-state index contributed by atoms with van der Waals surface area (Å²) in [6, 6.07) is 6.69. The fourth-order valence-electron chi connectivity index (χ4n) is 2.81. The quantitative estimate of drug-likeness (QED) is 0.741. The average molecular weight is 328 g/mol. The number of hydrogen-bond donors (Lipinski definition) is 1. The number of esters is 1. The van der Waals surface area contributed by atoms with Crippen LogP contribution in [0.2, 0.25) is 0 Å². The molecule has 0 bridgehead atoms. The predicted molar refractivity (Wildman–Crippen MR) is 88.8 cm³/mol. The summed E-state index contributed by atoms with van der Waals surface area (Å²) < 4.78 is 24.3. The van der Waals surface area contributed by atoms with E-state index in [0.717, 1.165) is 5.39 Å². The first-order valence-electron chi connectivity index (χ1n) is 7.52. The molecule has 0 unspecified atom stereocenters. The standard InChI is InChI=1S/C18H17FN2O3/c1-4-10-8-12-14(9-13(10)19)21-16(18(22)24-3)15(12)11-6-5-7-20-17(11)23-2/h5-9,21H,4H2,1-3H3. The molecule has 0 spiro atoms. The topological polar surface area (TPSA) is 64.2 Å². The van der Waals surface area contributed by atoms with Gasteiger partial charge in [-0.25, -0.2) is 14.2 Å². The minimum Gasteiger partial charge on any atom is -0.481 e. The lowest BCUT2D eigenvalue weighted by Crippen LogP contribution is -2.04. The molecule has 0 saturated carbocycles. The van der Waals surface area contributed by atoms with E-state index in [0.29, 0.717) is 34.5 Å². The number of carbonyl (C=O) groups is 1. The lowest BCUT2D eigenvalue weighted by Gasteiger charge is -2.08. The number of halogens is 1. The molecule has 1 N–H and O–H groups in total. The van der Waals surface area contributed by atoms with Gasteiger partial charge in [0.15, 0.2) is 0 Å². The van der Waals surface area contributed by atoms with E-state index in [1.54, 1.807) is 24.4 Å². The number of nitrogens with zero attached hydrogens (tertiary/aromatic N) is 1. The van der Waals surface area contributed by atoms with Gasteiger partial charge in [-0.3, -0.25) is 0 Å². The van der Waals surface area contributed by atoms with Gasteiger partial charge in [0.1, 0.15) is 11.5 Å². The largest absolute Gasteiger partial charge is 0.481 e. The van der Waals surface area contributed by atoms with Crippen LogP contribution < -0.4 is 4.74 Å². The molecule has 3 aromatic rings. The molecular formula is C18H17FN2O3. The molecule has 0 atom stereocenters. The number of aryl methyl sites for hydroxylation is 1. The summed E-state index contributed by atoms with van der Waals surface area (Å²) in [6.45, 7) is 1.88.